The maximum atomic E-state index is 13.6. The molecule has 0 spiro atoms. The van der Waals surface area contributed by atoms with E-state index in [0.717, 1.165) is 0 Å². The molecule has 122 valence electrons. The molecule has 0 amide bonds. The number of methoxy groups -OCH3 is 2. The molecule has 0 aliphatic carbocycles. The van der Waals surface area contributed by atoms with Gasteiger partial charge in [-0.1, -0.05) is 18.2 Å². The van der Waals surface area contributed by atoms with Gasteiger partial charge in [-0.05, 0) is 18.2 Å². The zero-order valence-electron chi connectivity index (χ0n) is 12.7. The highest BCUT2D eigenvalue weighted by Gasteiger charge is 2.16. The first-order valence-corrected chi connectivity index (χ1v) is 6.86. The molecule has 0 saturated heterocycles. The Morgan fingerprint density at radius 2 is 2.04 bits per heavy atom. The van der Waals surface area contributed by atoms with Gasteiger partial charge in [-0.3, -0.25) is 0 Å². The fraction of sp³-hybridized carbons (Fsp3) is 0.250. The number of halogens is 1. The number of nitrogens with zero attached hydrogens (tertiary/aromatic N) is 1. The summed E-state index contributed by atoms with van der Waals surface area (Å²) in [5.41, 5.74) is 0.383. The van der Waals surface area contributed by atoms with Crippen molar-refractivity contribution in [2.24, 2.45) is 0 Å². The Bertz CT molecular complexity index is 694. The standard InChI is InChI=1S/C16H17FN2O4/c1-22-15-11(16(21)23-2)7-8-14(19-15)18-9-13(20)10-5-3-4-6-12(10)17/h3-8,13,20H,9H2,1-2H3,(H,18,19). The average molecular weight is 320 g/mol. The largest absolute Gasteiger partial charge is 0.480 e. The van der Waals surface area contributed by atoms with Crippen molar-refractivity contribution in [2.75, 3.05) is 26.1 Å². The fourth-order valence-corrected chi connectivity index (χ4v) is 2.02. The van der Waals surface area contributed by atoms with Crippen molar-refractivity contribution in [3.05, 3.63) is 53.3 Å². The van der Waals surface area contributed by atoms with E-state index in [9.17, 15) is 14.3 Å². The van der Waals surface area contributed by atoms with Gasteiger partial charge >= 0.3 is 5.97 Å². The van der Waals surface area contributed by atoms with Gasteiger partial charge in [0.05, 0.1) is 20.3 Å². The van der Waals surface area contributed by atoms with Gasteiger partial charge in [0, 0.05) is 12.1 Å². The van der Waals surface area contributed by atoms with Crippen LogP contribution in [-0.4, -0.2) is 36.8 Å². The molecule has 6 nitrogen and oxygen atoms in total. The highest BCUT2D eigenvalue weighted by atomic mass is 19.1. The number of carbonyl (C=O) groups excluding carboxylic acids is 1. The van der Waals surface area contributed by atoms with Crippen molar-refractivity contribution >= 4 is 11.8 Å². The van der Waals surface area contributed by atoms with Gasteiger partial charge in [0.15, 0.2) is 0 Å². The van der Waals surface area contributed by atoms with Gasteiger partial charge in [-0.25, -0.2) is 9.18 Å². The number of aliphatic hydroxyl groups excluding tert-OH is 1. The molecule has 1 heterocycles. The van der Waals surface area contributed by atoms with E-state index >= 15 is 0 Å². The van der Waals surface area contributed by atoms with Gasteiger partial charge in [-0.15, -0.1) is 0 Å². The van der Waals surface area contributed by atoms with E-state index in [4.69, 9.17) is 4.74 Å². The molecule has 0 saturated carbocycles. The smallest absolute Gasteiger partial charge is 0.343 e. The van der Waals surface area contributed by atoms with Gasteiger partial charge in [0.25, 0.3) is 0 Å². The number of hydrogen-bond acceptors (Lipinski definition) is 6. The Morgan fingerprint density at radius 3 is 2.70 bits per heavy atom. The monoisotopic (exact) mass is 320 g/mol. The first kappa shape index (κ1) is 16.7. The first-order valence-electron chi connectivity index (χ1n) is 6.86. The molecule has 0 radical (unpaired) electrons. The molecule has 1 aromatic carbocycles. The Hall–Kier alpha value is -2.67. The van der Waals surface area contributed by atoms with Crippen LogP contribution in [-0.2, 0) is 4.74 Å². The fourth-order valence-electron chi connectivity index (χ4n) is 2.02. The summed E-state index contributed by atoms with van der Waals surface area (Å²) in [5, 5.41) is 12.9. The lowest BCUT2D eigenvalue weighted by Gasteiger charge is -2.14. The molecule has 2 aromatic rings. The molecule has 1 unspecified atom stereocenters. The summed E-state index contributed by atoms with van der Waals surface area (Å²) in [6, 6.07) is 9.03. The van der Waals surface area contributed by atoms with Crippen LogP contribution in [0.5, 0.6) is 5.88 Å². The second kappa shape index (κ2) is 7.55. The van der Waals surface area contributed by atoms with Crippen molar-refractivity contribution < 1.29 is 23.8 Å². The lowest BCUT2D eigenvalue weighted by Crippen LogP contribution is -2.15. The molecular weight excluding hydrogens is 303 g/mol. The SMILES string of the molecule is COC(=O)c1ccc(NCC(O)c2ccccc2F)nc1OC. The summed E-state index contributed by atoms with van der Waals surface area (Å²) in [7, 11) is 2.64. The second-order valence-electron chi connectivity index (χ2n) is 4.66. The third-order valence-corrected chi connectivity index (χ3v) is 3.20. The van der Waals surface area contributed by atoms with E-state index in [0.29, 0.717) is 5.82 Å². The normalized spacial score (nSPS) is 11.7. The van der Waals surface area contributed by atoms with Gasteiger partial charge in [0.2, 0.25) is 5.88 Å². The van der Waals surface area contributed by atoms with Crippen LogP contribution < -0.4 is 10.1 Å². The maximum absolute atomic E-state index is 13.6. The Kier molecular flexibility index (Phi) is 5.48. The van der Waals surface area contributed by atoms with Crippen molar-refractivity contribution in [2.45, 2.75) is 6.10 Å². The van der Waals surface area contributed by atoms with Crippen LogP contribution in [0.3, 0.4) is 0 Å². The molecule has 1 atom stereocenters. The number of pyridine rings is 1. The van der Waals surface area contributed by atoms with E-state index in [-0.39, 0.29) is 23.6 Å². The van der Waals surface area contributed by atoms with Crippen LogP contribution in [0.25, 0.3) is 0 Å². The van der Waals surface area contributed by atoms with Gasteiger partial charge in [-0.2, -0.15) is 4.98 Å². The topological polar surface area (TPSA) is 80.7 Å². The van der Waals surface area contributed by atoms with E-state index in [1.165, 1.54) is 32.4 Å². The van der Waals surface area contributed by atoms with Gasteiger partial charge in [0.1, 0.15) is 17.2 Å². The minimum Gasteiger partial charge on any atom is -0.480 e. The third-order valence-electron chi connectivity index (χ3n) is 3.20. The number of ether oxygens (including phenoxy) is 2. The number of esters is 1. The van der Waals surface area contributed by atoms with E-state index in [1.54, 1.807) is 18.2 Å². The van der Waals surface area contributed by atoms with Crippen LogP contribution in [0.4, 0.5) is 10.2 Å². The molecule has 7 heteroatoms. The summed E-state index contributed by atoms with van der Waals surface area (Å²) in [6.45, 7) is 0.0503. The Labute approximate surface area is 132 Å². The molecule has 0 fully saturated rings. The van der Waals surface area contributed by atoms with Crippen LogP contribution in [0.2, 0.25) is 0 Å². The van der Waals surface area contributed by atoms with Crippen LogP contribution in [0.15, 0.2) is 36.4 Å². The highest BCUT2D eigenvalue weighted by Crippen LogP contribution is 2.21. The summed E-state index contributed by atoms with van der Waals surface area (Å²) >= 11 is 0. The average Bonchev–Trinajstić information content (AvgIpc) is 2.59. The highest BCUT2D eigenvalue weighted by molar-refractivity contribution is 5.92. The number of rotatable bonds is 6. The summed E-state index contributed by atoms with van der Waals surface area (Å²) in [6.07, 6.45) is -1.04. The second-order valence-corrected chi connectivity index (χ2v) is 4.66. The summed E-state index contributed by atoms with van der Waals surface area (Å²) in [5.74, 6) is -0.562. The molecule has 0 bridgehead atoms. The number of benzene rings is 1. The number of nitrogens with one attached hydrogen (secondary N) is 1. The quantitative estimate of drug-likeness (QED) is 0.794. The van der Waals surface area contributed by atoms with Crippen LogP contribution >= 0.6 is 0 Å². The predicted octanol–water partition coefficient (Wildman–Crippen LogP) is 2.16. The number of aromatic nitrogens is 1. The van der Waals surface area contributed by atoms with Crippen molar-refractivity contribution in [1.29, 1.82) is 0 Å². The summed E-state index contributed by atoms with van der Waals surface area (Å²) < 4.78 is 23.3. The number of carbonyl (C=O) groups is 1. The lowest BCUT2D eigenvalue weighted by molar-refractivity contribution is 0.0596. The number of anilines is 1. The Balaban J connectivity index is 2.09. The number of hydrogen-bond donors (Lipinski definition) is 2. The maximum Gasteiger partial charge on any atom is 0.343 e. The molecule has 2 N–H and O–H groups in total. The van der Waals surface area contributed by atoms with Crippen molar-refractivity contribution in [3.8, 4) is 5.88 Å². The molecule has 23 heavy (non-hydrogen) atoms. The zero-order valence-corrected chi connectivity index (χ0v) is 12.7. The van der Waals surface area contributed by atoms with Crippen LogP contribution in [0.1, 0.15) is 22.0 Å². The molecule has 0 aliphatic rings. The lowest BCUT2D eigenvalue weighted by atomic mass is 10.1. The third kappa shape index (κ3) is 3.95. The van der Waals surface area contributed by atoms with Crippen molar-refractivity contribution in [3.63, 3.8) is 0 Å². The Morgan fingerprint density at radius 1 is 1.30 bits per heavy atom. The van der Waals surface area contributed by atoms with E-state index in [1.807, 2.05) is 0 Å². The minimum absolute atomic E-state index is 0.0503. The molecule has 2 rings (SSSR count). The zero-order chi connectivity index (χ0) is 16.8. The number of aliphatic hydroxyl groups is 1. The predicted molar refractivity (Wildman–Crippen MR) is 82.0 cm³/mol. The minimum atomic E-state index is -1.04. The van der Waals surface area contributed by atoms with E-state index in [2.05, 4.69) is 15.0 Å². The summed E-state index contributed by atoms with van der Waals surface area (Å²) in [4.78, 5) is 15.7. The van der Waals surface area contributed by atoms with Crippen molar-refractivity contribution in [1.82, 2.24) is 4.98 Å². The van der Waals surface area contributed by atoms with Crippen LogP contribution in [0, 0.1) is 5.82 Å². The first-order chi connectivity index (χ1) is 11.1. The van der Waals surface area contributed by atoms with E-state index < -0.39 is 17.9 Å². The van der Waals surface area contributed by atoms with Gasteiger partial charge < -0.3 is 19.9 Å². The molecular formula is C16H17FN2O4. The molecule has 1 aromatic heterocycles. The molecule has 0 aliphatic heterocycles.